The summed E-state index contributed by atoms with van der Waals surface area (Å²) in [6.45, 7) is 4.77. The second kappa shape index (κ2) is 6.68. The first kappa shape index (κ1) is 18.0. The van der Waals surface area contributed by atoms with Crippen LogP contribution < -0.4 is 4.74 Å². The van der Waals surface area contributed by atoms with Gasteiger partial charge in [0, 0.05) is 0 Å². The van der Waals surface area contributed by atoms with Gasteiger partial charge in [-0.15, -0.1) is 0 Å². The Morgan fingerprint density at radius 2 is 2.11 bits per heavy atom. The van der Waals surface area contributed by atoms with E-state index in [1.165, 1.54) is 0 Å². The van der Waals surface area contributed by atoms with Crippen LogP contribution in [0.5, 0.6) is 5.75 Å². The van der Waals surface area contributed by atoms with Gasteiger partial charge in [-0.05, 0) is 31.0 Å². The van der Waals surface area contributed by atoms with E-state index in [-0.39, 0.29) is 24.0 Å². The van der Waals surface area contributed by atoms with E-state index in [4.69, 9.17) is 14.2 Å². The fraction of sp³-hybridized carbons (Fsp3) is 0.524. The first-order valence-corrected chi connectivity index (χ1v) is 9.49. The molecule has 144 valence electrons. The number of amides is 1. The molecular weight excluding hydrogens is 346 g/mol. The number of nitrogens with zero attached hydrogens (tertiary/aromatic N) is 1. The molecule has 0 N–H and O–H groups in total. The Labute approximate surface area is 159 Å². The normalized spacial score (nSPS) is 31.9. The highest BCUT2D eigenvalue weighted by molar-refractivity contribution is 5.91. The van der Waals surface area contributed by atoms with Gasteiger partial charge in [0.15, 0.2) is 0 Å². The number of ether oxygens (including phenoxy) is 3. The van der Waals surface area contributed by atoms with Gasteiger partial charge in [-0.25, -0.2) is 0 Å². The van der Waals surface area contributed by atoms with E-state index in [1.54, 1.807) is 7.11 Å². The number of hydrogen-bond donors (Lipinski definition) is 0. The first-order valence-electron chi connectivity index (χ1n) is 9.49. The van der Waals surface area contributed by atoms with Crippen LogP contribution in [0.15, 0.2) is 36.4 Å². The summed E-state index contributed by atoms with van der Waals surface area (Å²) in [4.78, 5) is 27.7. The van der Waals surface area contributed by atoms with Gasteiger partial charge in [0.2, 0.25) is 5.91 Å². The third-order valence-electron chi connectivity index (χ3n) is 5.92. The van der Waals surface area contributed by atoms with Gasteiger partial charge in [0.05, 0.1) is 38.3 Å². The van der Waals surface area contributed by atoms with Crippen LogP contribution in [0.2, 0.25) is 0 Å². The molecule has 6 nitrogen and oxygen atoms in total. The van der Waals surface area contributed by atoms with Crippen LogP contribution in [0, 0.1) is 11.8 Å². The molecular formula is C21H25NO5. The van der Waals surface area contributed by atoms with Gasteiger partial charge in [0.25, 0.3) is 0 Å². The molecule has 3 heterocycles. The van der Waals surface area contributed by atoms with Crippen molar-refractivity contribution in [3.8, 4) is 5.75 Å². The average Bonchev–Trinajstić information content (AvgIpc) is 3.34. The van der Waals surface area contributed by atoms with Crippen molar-refractivity contribution in [3.05, 3.63) is 42.0 Å². The topological polar surface area (TPSA) is 65.1 Å². The maximum absolute atomic E-state index is 13.3. The molecule has 27 heavy (non-hydrogen) atoms. The van der Waals surface area contributed by atoms with Crippen LogP contribution in [0.1, 0.15) is 31.9 Å². The van der Waals surface area contributed by atoms with Crippen LogP contribution in [0.25, 0.3) is 0 Å². The molecule has 0 unspecified atom stereocenters. The molecule has 0 aliphatic carbocycles. The van der Waals surface area contributed by atoms with E-state index in [2.05, 4.69) is 0 Å². The number of likely N-dealkylation sites (tertiary alicyclic amines) is 1. The third-order valence-corrected chi connectivity index (χ3v) is 5.92. The zero-order chi connectivity index (χ0) is 19.2. The molecule has 2 saturated heterocycles. The molecule has 1 aromatic rings. The van der Waals surface area contributed by atoms with Crippen molar-refractivity contribution in [2.75, 3.05) is 20.3 Å². The lowest BCUT2D eigenvalue weighted by atomic mass is 9.77. The van der Waals surface area contributed by atoms with E-state index in [1.807, 2.05) is 55.2 Å². The lowest BCUT2D eigenvalue weighted by molar-refractivity contribution is -0.154. The number of carbonyl (C=O) groups excluding carboxylic acids is 2. The number of esters is 1. The minimum atomic E-state index is -0.710. The van der Waals surface area contributed by atoms with Crippen molar-refractivity contribution < 1.29 is 23.8 Å². The lowest BCUT2D eigenvalue weighted by Gasteiger charge is -2.27. The van der Waals surface area contributed by atoms with E-state index in [0.29, 0.717) is 13.2 Å². The van der Waals surface area contributed by atoms with E-state index < -0.39 is 17.4 Å². The molecule has 1 aromatic carbocycles. The average molecular weight is 371 g/mol. The molecule has 0 radical (unpaired) electrons. The fourth-order valence-electron chi connectivity index (χ4n) is 4.49. The zero-order valence-electron chi connectivity index (χ0n) is 15.9. The summed E-state index contributed by atoms with van der Waals surface area (Å²) >= 11 is 0. The highest BCUT2D eigenvalue weighted by atomic mass is 16.6. The van der Waals surface area contributed by atoms with Crippen molar-refractivity contribution >= 4 is 11.9 Å². The van der Waals surface area contributed by atoms with Crippen molar-refractivity contribution in [2.45, 2.75) is 38.0 Å². The minimum Gasteiger partial charge on any atom is -0.497 e. The summed E-state index contributed by atoms with van der Waals surface area (Å²) in [6, 6.07) is 7.58. The number of rotatable bonds is 6. The second-order valence-electron chi connectivity index (χ2n) is 7.48. The number of methoxy groups -OCH3 is 1. The Balaban J connectivity index is 1.57. The molecule has 4 rings (SSSR count). The van der Waals surface area contributed by atoms with Crippen LogP contribution in [-0.4, -0.2) is 48.7 Å². The minimum absolute atomic E-state index is 0.0383. The number of carbonyl (C=O) groups is 2. The first-order chi connectivity index (χ1) is 13.0. The summed E-state index contributed by atoms with van der Waals surface area (Å²) in [6.07, 6.45) is 4.26. The Morgan fingerprint density at radius 1 is 1.37 bits per heavy atom. The van der Waals surface area contributed by atoms with Gasteiger partial charge < -0.3 is 19.1 Å². The lowest BCUT2D eigenvalue weighted by Crippen LogP contribution is -2.40. The predicted molar refractivity (Wildman–Crippen MR) is 98.1 cm³/mol. The standard InChI is InChI=1S/C21H25NO5/c1-4-11-26-20(24)17-16-9-10-21(27-16)12-22(19(23)18(17)21)13(2)14-5-7-15(25-3)8-6-14/h5-10,13,16-18H,4,11-12H2,1-3H3/t13-,16-,17+,18-,21+/m0/s1. The van der Waals surface area contributed by atoms with Crippen molar-refractivity contribution in [1.82, 2.24) is 4.90 Å². The Kier molecular flexibility index (Phi) is 4.46. The van der Waals surface area contributed by atoms with Crippen LogP contribution in [0.3, 0.4) is 0 Å². The maximum Gasteiger partial charge on any atom is 0.312 e. The fourth-order valence-corrected chi connectivity index (χ4v) is 4.49. The number of benzene rings is 1. The summed E-state index contributed by atoms with van der Waals surface area (Å²) in [5.41, 5.74) is 0.308. The number of hydrogen-bond acceptors (Lipinski definition) is 5. The predicted octanol–water partition coefficient (Wildman–Crippen LogP) is 2.49. The molecule has 1 spiro atoms. The van der Waals surface area contributed by atoms with Crippen LogP contribution in [-0.2, 0) is 19.1 Å². The Morgan fingerprint density at radius 3 is 2.78 bits per heavy atom. The molecule has 1 amide bonds. The second-order valence-corrected chi connectivity index (χ2v) is 7.48. The monoisotopic (exact) mass is 371 g/mol. The molecule has 2 fully saturated rings. The maximum atomic E-state index is 13.3. The highest BCUT2D eigenvalue weighted by Gasteiger charge is 2.67. The smallest absolute Gasteiger partial charge is 0.312 e. The van der Waals surface area contributed by atoms with Crippen molar-refractivity contribution in [1.29, 1.82) is 0 Å². The molecule has 2 bridgehead atoms. The van der Waals surface area contributed by atoms with Crippen LogP contribution in [0.4, 0.5) is 0 Å². The largest absolute Gasteiger partial charge is 0.497 e. The van der Waals surface area contributed by atoms with Gasteiger partial charge in [-0.1, -0.05) is 31.2 Å². The summed E-state index contributed by atoms with van der Waals surface area (Å²) < 4.78 is 16.7. The number of fused-ring (bicyclic) bond motifs is 1. The summed E-state index contributed by atoms with van der Waals surface area (Å²) in [5, 5.41) is 0. The van der Waals surface area contributed by atoms with Gasteiger partial charge in [-0.3, -0.25) is 9.59 Å². The molecule has 0 saturated carbocycles. The highest BCUT2D eigenvalue weighted by Crippen LogP contribution is 2.53. The SMILES string of the molecule is CCCOC(=O)[C@@H]1[C@@H]2C=C[C@]3(CN([C@@H](C)c4ccc(OC)cc4)C(=O)[C@H]13)O2. The van der Waals surface area contributed by atoms with Crippen molar-refractivity contribution in [3.63, 3.8) is 0 Å². The van der Waals surface area contributed by atoms with Crippen LogP contribution >= 0.6 is 0 Å². The molecule has 6 heteroatoms. The Bertz CT molecular complexity index is 773. The van der Waals surface area contributed by atoms with Gasteiger partial charge >= 0.3 is 5.97 Å². The summed E-state index contributed by atoms with van der Waals surface area (Å²) in [7, 11) is 1.63. The molecule has 3 aliphatic rings. The van der Waals surface area contributed by atoms with Gasteiger partial charge in [-0.2, -0.15) is 0 Å². The molecule has 3 aliphatic heterocycles. The Hall–Kier alpha value is -2.34. The zero-order valence-corrected chi connectivity index (χ0v) is 15.9. The molecule has 0 aromatic heterocycles. The van der Waals surface area contributed by atoms with E-state index in [0.717, 1.165) is 17.7 Å². The summed E-state index contributed by atoms with van der Waals surface area (Å²) in [5.74, 6) is -0.647. The van der Waals surface area contributed by atoms with Crippen molar-refractivity contribution in [2.24, 2.45) is 11.8 Å². The third kappa shape index (κ3) is 2.74. The van der Waals surface area contributed by atoms with E-state index in [9.17, 15) is 9.59 Å². The van der Waals surface area contributed by atoms with Gasteiger partial charge in [0.1, 0.15) is 17.3 Å². The van der Waals surface area contributed by atoms with E-state index >= 15 is 0 Å². The quantitative estimate of drug-likeness (QED) is 0.568. The molecule has 5 atom stereocenters.